The summed E-state index contributed by atoms with van der Waals surface area (Å²) in [5, 5.41) is 0. The number of hydrogen-bond acceptors (Lipinski definition) is 3. The van der Waals surface area contributed by atoms with E-state index in [1.807, 2.05) is 12.1 Å². The minimum Gasteiger partial charge on any atom is -0.482 e. The summed E-state index contributed by atoms with van der Waals surface area (Å²) < 4.78 is 5.42. The van der Waals surface area contributed by atoms with Gasteiger partial charge in [0.05, 0.1) is 0 Å². The highest BCUT2D eigenvalue weighted by Crippen LogP contribution is 2.30. The van der Waals surface area contributed by atoms with Crippen LogP contribution in [0.3, 0.4) is 0 Å². The van der Waals surface area contributed by atoms with Gasteiger partial charge in [-0.15, -0.1) is 0 Å². The monoisotopic (exact) mass is 177 g/mol. The van der Waals surface area contributed by atoms with Crippen molar-refractivity contribution in [2.75, 3.05) is 5.73 Å². The first-order valence-electron chi connectivity index (χ1n) is 4.22. The summed E-state index contributed by atoms with van der Waals surface area (Å²) in [6.07, 6.45) is 0.340. The fraction of sp³-hybridized carbons (Fsp3) is 0.300. The average Bonchev–Trinajstić information content (AvgIpc) is 2.46. The van der Waals surface area contributed by atoms with E-state index in [0.29, 0.717) is 12.1 Å². The Morgan fingerprint density at radius 1 is 1.62 bits per heavy atom. The van der Waals surface area contributed by atoms with E-state index in [9.17, 15) is 4.79 Å². The molecule has 0 aliphatic carbocycles. The van der Waals surface area contributed by atoms with Crippen LogP contribution in [0.2, 0.25) is 0 Å². The Morgan fingerprint density at radius 2 is 2.38 bits per heavy atom. The van der Waals surface area contributed by atoms with Gasteiger partial charge in [0, 0.05) is 17.7 Å². The lowest BCUT2D eigenvalue weighted by Crippen LogP contribution is -2.21. The number of nitrogens with two attached hydrogens (primary N) is 1. The quantitative estimate of drug-likeness (QED) is 0.655. The van der Waals surface area contributed by atoms with Crippen molar-refractivity contribution < 1.29 is 9.53 Å². The third kappa shape index (κ3) is 1.37. The van der Waals surface area contributed by atoms with Gasteiger partial charge < -0.3 is 10.5 Å². The van der Waals surface area contributed by atoms with Crippen molar-refractivity contribution >= 4 is 11.5 Å². The molecule has 1 aliphatic heterocycles. The van der Waals surface area contributed by atoms with Crippen LogP contribution < -0.4 is 10.5 Å². The molecule has 1 atom stereocenters. The summed E-state index contributed by atoms with van der Waals surface area (Å²) >= 11 is 0. The fourth-order valence-corrected chi connectivity index (χ4v) is 1.50. The van der Waals surface area contributed by atoms with Gasteiger partial charge in [-0.05, 0) is 25.1 Å². The molecule has 3 heteroatoms. The van der Waals surface area contributed by atoms with E-state index in [0.717, 1.165) is 11.3 Å². The molecule has 0 fully saturated rings. The molecule has 1 aliphatic rings. The Labute approximate surface area is 76.5 Å². The second kappa shape index (κ2) is 2.76. The van der Waals surface area contributed by atoms with E-state index in [1.54, 1.807) is 13.0 Å². The molecule has 1 heterocycles. The number of fused-ring (bicyclic) bond motifs is 1. The lowest BCUT2D eigenvalue weighted by atomic mass is 10.1. The number of carbonyl (C=O) groups excluding carboxylic acids is 1. The lowest BCUT2D eigenvalue weighted by molar-refractivity contribution is -0.122. The molecule has 0 spiro atoms. The van der Waals surface area contributed by atoms with Crippen LogP contribution in [-0.4, -0.2) is 11.9 Å². The molecule has 68 valence electrons. The third-order valence-corrected chi connectivity index (χ3v) is 2.21. The van der Waals surface area contributed by atoms with Gasteiger partial charge in [0.15, 0.2) is 11.9 Å². The second-order valence-corrected chi connectivity index (χ2v) is 3.29. The van der Waals surface area contributed by atoms with Crippen molar-refractivity contribution in [1.29, 1.82) is 0 Å². The number of nitrogen functional groups attached to an aromatic ring is 1. The second-order valence-electron chi connectivity index (χ2n) is 3.29. The molecule has 0 radical (unpaired) electrons. The Balaban J connectivity index is 2.30. The Hall–Kier alpha value is -1.51. The summed E-state index contributed by atoms with van der Waals surface area (Å²) in [6, 6.07) is 5.45. The van der Waals surface area contributed by atoms with Crippen molar-refractivity contribution in [3.05, 3.63) is 23.8 Å². The maximum Gasteiger partial charge on any atom is 0.170 e. The van der Waals surface area contributed by atoms with Gasteiger partial charge >= 0.3 is 0 Å². The number of ether oxygens (including phenoxy) is 1. The van der Waals surface area contributed by atoms with E-state index in [2.05, 4.69) is 0 Å². The van der Waals surface area contributed by atoms with Crippen LogP contribution in [-0.2, 0) is 11.2 Å². The van der Waals surface area contributed by atoms with Gasteiger partial charge in [-0.3, -0.25) is 4.79 Å². The molecular weight excluding hydrogens is 166 g/mol. The van der Waals surface area contributed by atoms with E-state index in [1.165, 1.54) is 0 Å². The minimum atomic E-state index is -0.309. The first kappa shape index (κ1) is 8.10. The molecule has 0 bridgehead atoms. The Morgan fingerprint density at radius 3 is 3.08 bits per heavy atom. The SMILES string of the molecule is CC(=O)C1Cc2cc(N)ccc2O1. The summed E-state index contributed by atoms with van der Waals surface area (Å²) in [5.41, 5.74) is 7.35. The number of Topliss-reactive ketones (excluding diaryl/α,β-unsaturated/α-hetero) is 1. The van der Waals surface area contributed by atoms with Crippen molar-refractivity contribution in [3.63, 3.8) is 0 Å². The largest absolute Gasteiger partial charge is 0.482 e. The molecule has 0 saturated heterocycles. The molecule has 13 heavy (non-hydrogen) atoms. The molecule has 1 aromatic rings. The number of hydrogen-bond donors (Lipinski definition) is 1. The molecule has 3 nitrogen and oxygen atoms in total. The zero-order valence-corrected chi connectivity index (χ0v) is 7.41. The highest BCUT2D eigenvalue weighted by Gasteiger charge is 2.25. The van der Waals surface area contributed by atoms with E-state index in [4.69, 9.17) is 10.5 Å². The zero-order chi connectivity index (χ0) is 9.42. The standard InChI is InChI=1S/C10H11NO2/c1-6(12)10-5-7-4-8(11)2-3-9(7)13-10/h2-4,10H,5,11H2,1H3. The molecule has 1 unspecified atom stereocenters. The van der Waals surface area contributed by atoms with Crippen molar-refractivity contribution in [3.8, 4) is 5.75 Å². The zero-order valence-electron chi connectivity index (χ0n) is 7.41. The highest BCUT2D eigenvalue weighted by molar-refractivity contribution is 5.82. The van der Waals surface area contributed by atoms with Gasteiger partial charge in [0.1, 0.15) is 5.75 Å². The predicted molar refractivity (Wildman–Crippen MR) is 49.7 cm³/mol. The van der Waals surface area contributed by atoms with Crippen molar-refractivity contribution in [1.82, 2.24) is 0 Å². The number of ketones is 1. The van der Waals surface area contributed by atoms with Crippen molar-refractivity contribution in [2.45, 2.75) is 19.4 Å². The van der Waals surface area contributed by atoms with Gasteiger partial charge in [-0.2, -0.15) is 0 Å². The van der Waals surface area contributed by atoms with Gasteiger partial charge in [-0.25, -0.2) is 0 Å². The summed E-state index contributed by atoms with van der Waals surface area (Å²) in [5.74, 6) is 0.851. The number of anilines is 1. The smallest absolute Gasteiger partial charge is 0.170 e. The summed E-state index contributed by atoms with van der Waals surface area (Å²) in [4.78, 5) is 11.0. The Kier molecular flexibility index (Phi) is 1.72. The van der Waals surface area contributed by atoms with Crippen LogP contribution >= 0.6 is 0 Å². The van der Waals surface area contributed by atoms with E-state index < -0.39 is 0 Å². The van der Waals surface area contributed by atoms with Crippen LogP contribution in [0.25, 0.3) is 0 Å². The van der Waals surface area contributed by atoms with Crippen molar-refractivity contribution in [2.24, 2.45) is 0 Å². The van der Waals surface area contributed by atoms with E-state index in [-0.39, 0.29) is 11.9 Å². The van der Waals surface area contributed by atoms with Crippen LogP contribution in [0.1, 0.15) is 12.5 Å². The number of carbonyl (C=O) groups is 1. The van der Waals surface area contributed by atoms with Gasteiger partial charge in [0.2, 0.25) is 0 Å². The van der Waals surface area contributed by atoms with Crippen LogP contribution in [0.5, 0.6) is 5.75 Å². The molecule has 2 N–H and O–H groups in total. The molecule has 0 amide bonds. The van der Waals surface area contributed by atoms with Gasteiger partial charge in [-0.1, -0.05) is 0 Å². The van der Waals surface area contributed by atoms with Crippen LogP contribution in [0, 0.1) is 0 Å². The maximum absolute atomic E-state index is 11.0. The summed E-state index contributed by atoms with van der Waals surface area (Å²) in [6.45, 7) is 1.54. The van der Waals surface area contributed by atoms with Crippen LogP contribution in [0.4, 0.5) is 5.69 Å². The lowest BCUT2D eigenvalue weighted by Gasteiger charge is -2.04. The van der Waals surface area contributed by atoms with Crippen LogP contribution in [0.15, 0.2) is 18.2 Å². The normalized spacial score (nSPS) is 19.3. The Bertz CT molecular complexity index is 360. The first-order valence-corrected chi connectivity index (χ1v) is 4.22. The number of benzene rings is 1. The molecule has 2 rings (SSSR count). The molecular formula is C10H11NO2. The van der Waals surface area contributed by atoms with Gasteiger partial charge in [0.25, 0.3) is 0 Å². The third-order valence-electron chi connectivity index (χ3n) is 2.21. The number of rotatable bonds is 1. The van der Waals surface area contributed by atoms with E-state index >= 15 is 0 Å². The first-order chi connectivity index (χ1) is 6.16. The summed E-state index contributed by atoms with van der Waals surface area (Å²) in [7, 11) is 0. The molecule has 1 aromatic carbocycles. The highest BCUT2D eigenvalue weighted by atomic mass is 16.5. The fourth-order valence-electron chi connectivity index (χ4n) is 1.50. The average molecular weight is 177 g/mol. The molecule has 0 aromatic heterocycles. The topological polar surface area (TPSA) is 52.3 Å². The molecule has 0 saturated carbocycles. The predicted octanol–water partition coefficient (Wildman–Crippen LogP) is 1.16. The maximum atomic E-state index is 11.0. The minimum absolute atomic E-state index is 0.0646.